The smallest absolute Gasteiger partial charge is 0.160 e. The van der Waals surface area contributed by atoms with Crippen molar-refractivity contribution >= 4 is 33.7 Å². The third-order valence-electron chi connectivity index (χ3n) is 10.6. The molecule has 0 amide bonds. The molecule has 2 aliphatic rings. The highest BCUT2D eigenvalue weighted by Crippen LogP contribution is 2.62. The van der Waals surface area contributed by atoms with Gasteiger partial charge in [0.1, 0.15) is 11.2 Å². The van der Waals surface area contributed by atoms with Gasteiger partial charge in [-0.1, -0.05) is 151 Å². The molecule has 51 heavy (non-hydrogen) atoms. The van der Waals surface area contributed by atoms with Crippen molar-refractivity contribution in [1.82, 2.24) is 9.97 Å². The maximum atomic E-state index is 6.82. The van der Waals surface area contributed by atoms with Crippen LogP contribution in [0.1, 0.15) is 22.3 Å². The first-order chi connectivity index (χ1) is 25.3. The van der Waals surface area contributed by atoms with E-state index in [1.165, 1.54) is 43.2 Å². The Hall–Kier alpha value is -6.23. The topological polar surface area (TPSA) is 38.9 Å². The highest BCUT2D eigenvalue weighted by Gasteiger charge is 2.50. The number of aromatic nitrogens is 2. The Bertz CT molecular complexity index is 2740. The molecule has 1 spiro atoms. The molecule has 9 aromatic rings. The fourth-order valence-corrected chi connectivity index (χ4v) is 9.66. The summed E-state index contributed by atoms with van der Waals surface area (Å²) in [5.74, 6) is 0.696. The molecular weight excluding hydrogens is 641 g/mol. The minimum Gasteiger partial charge on any atom is -0.456 e. The van der Waals surface area contributed by atoms with Gasteiger partial charge in [-0.3, -0.25) is 0 Å². The van der Waals surface area contributed by atoms with Crippen LogP contribution < -0.4 is 0 Å². The van der Waals surface area contributed by atoms with E-state index in [-0.39, 0.29) is 0 Å². The average Bonchev–Trinajstić information content (AvgIpc) is 3.71. The quantitative estimate of drug-likeness (QED) is 0.188. The Morgan fingerprint density at radius 2 is 1.04 bits per heavy atom. The molecule has 0 atom stereocenters. The maximum Gasteiger partial charge on any atom is 0.160 e. The van der Waals surface area contributed by atoms with Crippen LogP contribution in [0.3, 0.4) is 0 Å². The highest BCUT2D eigenvalue weighted by atomic mass is 32.2. The SMILES string of the molecule is c1ccc(-c2cc(-c3cccc4oc5cc6c(cc5c34)Sc3ccccc3C63c4ccccc4-c4ccccc43)nc(-c3ccccc3)n2)cc1. The lowest BCUT2D eigenvalue weighted by Gasteiger charge is -2.39. The van der Waals surface area contributed by atoms with Crippen molar-refractivity contribution in [2.45, 2.75) is 15.2 Å². The van der Waals surface area contributed by atoms with Crippen LogP contribution in [0.2, 0.25) is 0 Å². The zero-order chi connectivity index (χ0) is 33.5. The van der Waals surface area contributed by atoms with E-state index >= 15 is 0 Å². The van der Waals surface area contributed by atoms with Gasteiger partial charge in [0.25, 0.3) is 0 Å². The second kappa shape index (κ2) is 10.9. The first-order valence-corrected chi connectivity index (χ1v) is 18.1. The summed E-state index contributed by atoms with van der Waals surface area (Å²) in [4.78, 5) is 12.8. The van der Waals surface area contributed by atoms with E-state index in [1.54, 1.807) is 0 Å². The van der Waals surface area contributed by atoms with E-state index in [1.807, 2.05) is 36.0 Å². The molecule has 4 heteroatoms. The molecule has 3 nitrogen and oxygen atoms in total. The Labute approximate surface area is 299 Å². The van der Waals surface area contributed by atoms with Crippen LogP contribution in [0.5, 0.6) is 0 Å². The van der Waals surface area contributed by atoms with Gasteiger partial charge < -0.3 is 4.42 Å². The summed E-state index contributed by atoms with van der Waals surface area (Å²) in [6.07, 6.45) is 0. The Morgan fingerprint density at radius 3 is 1.78 bits per heavy atom. The Kier molecular flexibility index (Phi) is 6.10. The molecule has 2 aromatic heterocycles. The summed E-state index contributed by atoms with van der Waals surface area (Å²) in [6, 6.07) is 60.4. The lowest BCUT2D eigenvalue weighted by Crippen LogP contribution is -2.31. The second-order valence-electron chi connectivity index (χ2n) is 13.3. The number of hydrogen-bond donors (Lipinski definition) is 0. The molecular formula is C47H28N2OS. The molecule has 0 unspecified atom stereocenters. The standard InChI is InChI=1S/C47H28N2OS/c1-3-14-29(15-4-1)39-28-40(49-46(48-39)30-16-5-2-6-17-30)33-20-13-24-41-45(33)34-26-44-38(27-42(34)50-41)47(37-23-11-12-25-43(37)51-44)35-21-9-7-18-31(35)32-19-8-10-22-36(32)47/h1-28H. The summed E-state index contributed by atoms with van der Waals surface area (Å²) in [7, 11) is 0. The molecule has 0 saturated heterocycles. The van der Waals surface area contributed by atoms with Gasteiger partial charge in [-0.05, 0) is 63.7 Å². The van der Waals surface area contributed by atoms with E-state index in [2.05, 4.69) is 146 Å². The van der Waals surface area contributed by atoms with Crippen LogP contribution in [0.4, 0.5) is 0 Å². The van der Waals surface area contributed by atoms with Crippen molar-refractivity contribution in [2.75, 3.05) is 0 Å². The number of nitrogens with zero attached hydrogens (tertiary/aromatic N) is 2. The van der Waals surface area contributed by atoms with Gasteiger partial charge in [-0.25, -0.2) is 9.97 Å². The number of hydrogen-bond acceptors (Lipinski definition) is 4. The molecule has 7 aromatic carbocycles. The van der Waals surface area contributed by atoms with Gasteiger partial charge in [0.2, 0.25) is 0 Å². The van der Waals surface area contributed by atoms with Crippen LogP contribution in [0, 0.1) is 0 Å². The van der Waals surface area contributed by atoms with Gasteiger partial charge in [0.15, 0.2) is 5.82 Å². The minimum atomic E-state index is -0.456. The van der Waals surface area contributed by atoms with Crippen LogP contribution in [-0.4, -0.2) is 9.97 Å². The second-order valence-corrected chi connectivity index (χ2v) is 14.3. The highest BCUT2D eigenvalue weighted by molar-refractivity contribution is 7.99. The lowest BCUT2D eigenvalue weighted by molar-refractivity contribution is 0.662. The van der Waals surface area contributed by atoms with E-state index in [0.29, 0.717) is 5.82 Å². The third-order valence-corrected chi connectivity index (χ3v) is 11.7. The van der Waals surface area contributed by atoms with Crippen molar-refractivity contribution in [3.05, 3.63) is 192 Å². The third kappa shape index (κ3) is 4.08. The molecule has 11 rings (SSSR count). The largest absolute Gasteiger partial charge is 0.456 e. The van der Waals surface area contributed by atoms with Crippen molar-refractivity contribution in [3.8, 4) is 45.0 Å². The fraction of sp³-hybridized carbons (Fsp3) is 0.0213. The lowest BCUT2D eigenvalue weighted by atomic mass is 9.67. The van der Waals surface area contributed by atoms with Gasteiger partial charge in [-0.2, -0.15) is 0 Å². The maximum absolute atomic E-state index is 6.82. The average molecular weight is 669 g/mol. The fourth-order valence-electron chi connectivity index (χ4n) is 8.45. The number of fused-ring (bicyclic) bond motifs is 12. The summed E-state index contributed by atoms with van der Waals surface area (Å²) < 4.78 is 6.82. The van der Waals surface area contributed by atoms with Gasteiger partial charge >= 0.3 is 0 Å². The molecule has 1 aliphatic carbocycles. The number of furan rings is 1. The number of benzene rings is 7. The molecule has 0 bridgehead atoms. The minimum absolute atomic E-state index is 0.456. The van der Waals surface area contributed by atoms with Gasteiger partial charge in [-0.15, -0.1) is 0 Å². The van der Waals surface area contributed by atoms with Gasteiger partial charge in [0.05, 0.1) is 16.8 Å². The zero-order valence-corrected chi connectivity index (χ0v) is 28.2. The monoisotopic (exact) mass is 668 g/mol. The Balaban J connectivity index is 1.19. The molecule has 1 aliphatic heterocycles. The molecule has 0 N–H and O–H groups in total. The van der Waals surface area contributed by atoms with E-state index < -0.39 is 5.41 Å². The zero-order valence-electron chi connectivity index (χ0n) is 27.4. The summed E-state index contributed by atoms with van der Waals surface area (Å²) in [5.41, 5.74) is 13.9. The number of rotatable bonds is 3. The van der Waals surface area contributed by atoms with Crippen LogP contribution in [-0.2, 0) is 5.41 Å². The first-order valence-electron chi connectivity index (χ1n) is 17.2. The van der Waals surface area contributed by atoms with Crippen LogP contribution in [0.15, 0.2) is 184 Å². The molecule has 0 saturated carbocycles. The van der Waals surface area contributed by atoms with E-state index in [9.17, 15) is 0 Å². The Morgan fingerprint density at radius 1 is 0.431 bits per heavy atom. The summed E-state index contributed by atoms with van der Waals surface area (Å²) in [5, 5.41) is 2.15. The predicted molar refractivity (Wildman–Crippen MR) is 207 cm³/mol. The van der Waals surface area contributed by atoms with Crippen molar-refractivity contribution in [2.24, 2.45) is 0 Å². The predicted octanol–water partition coefficient (Wildman–Crippen LogP) is 12.2. The summed E-state index contributed by atoms with van der Waals surface area (Å²) in [6.45, 7) is 0. The molecule has 0 fully saturated rings. The molecule has 238 valence electrons. The van der Waals surface area contributed by atoms with Crippen molar-refractivity contribution in [3.63, 3.8) is 0 Å². The van der Waals surface area contributed by atoms with Crippen LogP contribution >= 0.6 is 11.8 Å². The van der Waals surface area contributed by atoms with E-state index in [0.717, 1.165) is 50.0 Å². The van der Waals surface area contributed by atoms with Crippen LogP contribution in [0.25, 0.3) is 67.0 Å². The van der Waals surface area contributed by atoms with Gasteiger partial charge in [0, 0.05) is 37.3 Å². The normalized spacial score (nSPS) is 13.6. The van der Waals surface area contributed by atoms with E-state index in [4.69, 9.17) is 14.4 Å². The van der Waals surface area contributed by atoms with Crippen molar-refractivity contribution < 1.29 is 4.42 Å². The first kappa shape index (κ1) is 28.6. The summed E-state index contributed by atoms with van der Waals surface area (Å²) >= 11 is 1.85. The molecule has 3 heterocycles. The van der Waals surface area contributed by atoms with Crippen molar-refractivity contribution in [1.29, 1.82) is 0 Å². The molecule has 0 radical (unpaired) electrons.